The van der Waals surface area contributed by atoms with Gasteiger partial charge in [0.05, 0.1) is 12.5 Å². The zero-order valence-corrected chi connectivity index (χ0v) is 10.1. The number of hydrogen-bond donors (Lipinski definition) is 1. The third-order valence-electron chi connectivity index (χ3n) is 3.54. The van der Waals surface area contributed by atoms with Crippen LogP contribution in [-0.2, 0) is 0 Å². The summed E-state index contributed by atoms with van der Waals surface area (Å²) in [6.07, 6.45) is -0.710. The fourth-order valence-electron chi connectivity index (χ4n) is 2.30. The molecule has 0 heterocycles. The van der Waals surface area contributed by atoms with Crippen LogP contribution in [0.1, 0.15) is 45.4 Å². The minimum absolute atomic E-state index is 0.00311. The molecule has 2 nitrogen and oxygen atoms in total. The molecule has 1 aliphatic carbocycles. The van der Waals surface area contributed by atoms with E-state index in [1.54, 1.807) is 0 Å². The molecule has 1 rings (SSSR count). The fourth-order valence-corrected chi connectivity index (χ4v) is 2.30. The molecule has 0 aromatic rings. The second-order valence-electron chi connectivity index (χ2n) is 5.24. The largest absolute Gasteiger partial charge is 0.390 e. The lowest BCUT2D eigenvalue weighted by Crippen LogP contribution is -2.38. The maximum atomic E-state index is 12.0. The third-order valence-corrected chi connectivity index (χ3v) is 3.54. The van der Waals surface area contributed by atoms with E-state index < -0.39 is 12.6 Å². The first-order chi connectivity index (χ1) is 7.85. The van der Waals surface area contributed by atoms with Crippen LogP contribution < -0.4 is 5.32 Å². The topological polar surface area (TPSA) is 35.8 Å². The first-order valence-corrected chi connectivity index (χ1v) is 6.02. The Labute approximate surface area is 100 Å². The van der Waals surface area contributed by atoms with Gasteiger partial charge in [-0.3, -0.25) is 0 Å². The van der Waals surface area contributed by atoms with Gasteiger partial charge in [-0.2, -0.15) is 18.4 Å². The van der Waals surface area contributed by atoms with Crippen LogP contribution in [0.15, 0.2) is 0 Å². The van der Waals surface area contributed by atoms with Gasteiger partial charge in [-0.15, -0.1) is 0 Å². The van der Waals surface area contributed by atoms with Crippen LogP contribution in [0.4, 0.5) is 13.2 Å². The molecule has 0 aromatic heterocycles. The molecule has 0 aliphatic heterocycles. The summed E-state index contributed by atoms with van der Waals surface area (Å²) in [5.41, 5.74) is 0.0664. The van der Waals surface area contributed by atoms with E-state index in [-0.39, 0.29) is 18.0 Å². The quantitative estimate of drug-likeness (QED) is 0.827. The molecule has 0 atom stereocenters. The van der Waals surface area contributed by atoms with Crippen LogP contribution in [0, 0.1) is 16.7 Å². The maximum absolute atomic E-state index is 12.0. The van der Waals surface area contributed by atoms with Crippen molar-refractivity contribution in [3.8, 4) is 6.07 Å². The Kier molecular flexibility index (Phi) is 4.81. The molecule has 0 amide bonds. The third kappa shape index (κ3) is 5.40. The van der Waals surface area contributed by atoms with Crippen molar-refractivity contribution in [1.29, 1.82) is 5.26 Å². The molecule has 1 aliphatic rings. The van der Waals surface area contributed by atoms with E-state index in [1.807, 2.05) is 0 Å². The highest BCUT2D eigenvalue weighted by Gasteiger charge is 2.31. The van der Waals surface area contributed by atoms with Gasteiger partial charge in [-0.25, -0.2) is 0 Å². The van der Waals surface area contributed by atoms with Crippen LogP contribution in [0.5, 0.6) is 0 Å². The lowest BCUT2D eigenvalue weighted by molar-refractivity contribution is -0.133. The molecule has 17 heavy (non-hydrogen) atoms. The van der Waals surface area contributed by atoms with Crippen molar-refractivity contribution in [2.75, 3.05) is 6.54 Å². The highest BCUT2D eigenvalue weighted by molar-refractivity contribution is 4.91. The SMILES string of the molecule is C[C@]1(CC#N)CC[C@@H](NCCC(F)(F)F)CC1. The summed E-state index contributed by atoms with van der Waals surface area (Å²) in [6.45, 7) is 2.09. The van der Waals surface area contributed by atoms with E-state index in [2.05, 4.69) is 18.3 Å². The van der Waals surface area contributed by atoms with Gasteiger partial charge in [0.1, 0.15) is 0 Å². The lowest BCUT2D eigenvalue weighted by atomic mass is 9.72. The highest BCUT2D eigenvalue weighted by atomic mass is 19.4. The Hall–Kier alpha value is -0.760. The molecular formula is C12H19F3N2. The predicted molar refractivity (Wildman–Crippen MR) is 59.3 cm³/mol. The van der Waals surface area contributed by atoms with E-state index in [4.69, 9.17) is 5.26 Å². The van der Waals surface area contributed by atoms with Gasteiger partial charge in [0, 0.05) is 19.0 Å². The monoisotopic (exact) mass is 248 g/mol. The average molecular weight is 248 g/mol. The lowest BCUT2D eigenvalue weighted by Gasteiger charge is -2.36. The molecule has 0 radical (unpaired) electrons. The Balaban J connectivity index is 2.22. The fraction of sp³-hybridized carbons (Fsp3) is 0.917. The van der Waals surface area contributed by atoms with Gasteiger partial charge in [0.25, 0.3) is 0 Å². The molecule has 0 aromatic carbocycles. The van der Waals surface area contributed by atoms with E-state index >= 15 is 0 Å². The molecule has 5 heteroatoms. The second-order valence-corrected chi connectivity index (χ2v) is 5.24. The van der Waals surface area contributed by atoms with Crippen molar-refractivity contribution in [2.24, 2.45) is 5.41 Å². The summed E-state index contributed by atoms with van der Waals surface area (Å²) in [6, 6.07) is 2.37. The number of nitrogens with one attached hydrogen (secondary N) is 1. The number of alkyl halides is 3. The minimum atomic E-state index is -4.07. The molecule has 98 valence electrons. The Morgan fingerprint density at radius 3 is 2.41 bits per heavy atom. The molecule has 0 unspecified atom stereocenters. The van der Waals surface area contributed by atoms with Crippen molar-refractivity contribution >= 4 is 0 Å². The number of rotatable bonds is 4. The van der Waals surface area contributed by atoms with Crippen LogP contribution >= 0.6 is 0 Å². The van der Waals surface area contributed by atoms with Gasteiger partial charge in [0.15, 0.2) is 0 Å². The summed E-state index contributed by atoms with van der Waals surface area (Å²) in [4.78, 5) is 0. The number of nitrogens with zero attached hydrogens (tertiary/aromatic N) is 1. The van der Waals surface area contributed by atoms with E-state index in [0.717, 1.165) is 25.7 Å². The number of nitriles is 1. The molecule has 1 saturated carbocycles. The second kappa shape index (κ2) is 5.72. The number of halogens is 3. The summed E-state index contributed by atoms with van der Waals surface area (Å²) >= 11 is 0. The average Bonchev–Trinajstić information content (AvgIpc) is 2.20. The van der Waals surface area contributed by atoms with Gasteiger partial charge in [-0.05, 0) is 31.1 Å². The van der Waals surface area contributed by atoms with Gasteiger partial charge in [0.2, 0.25) is 0 Å². The Bertz CT molecular complexity index is 272. The van der Waals surface area contributed by atoms with Crippen molar-refractivity contribution < 1.29 is 13.2 Å². The standard InChI is InChI=1S/C12H19F3N2/c1-11(6-8-16)4-2-10(3-5-11)17-9-7-12(13,14)15/h10,17H,2-7,9H2,1H3/t10-,11+. The minimum Gasteiger partial charge on any atom is -0.314 e. The highest BCUT2D eigenvalue weighted by Crippen LogP contribution is 2.38. The van der Waals surface area contributed by atoms with Gasteiger partial charge >= 0.3 is 6.18 Å². The Morgan fingerprint density at radius 2 is 1.94 bits per heavy atom. The first kappa shape index (κ1) is 14.3. The van der Waals surface area contributed by atoms with E-state index in [9.17, 15) is 13.2 Å². The van der Waals surface area contributed by atoms with Gasteiger partial charge < -0.3 is 5.32 Å². The van der Waals surface area contributed by atoms with Gasteiger partial charge in [-0.1, -0.05) is 6.92 Å². The Morgan fingerprint density at radius 1 is 1.35 bits per heavy atom. The number of hydrogen-bond acceptors (Lipinski definition) is 2. The normalized spacial score (nSPS) is 29.9. The zero-order valence-electron chi connectivity index (χ0n) is 10.1. The summed E-state index contributed by atoms with van der Waals surface area (Å²) in [5.74, 6) is 0. The van der Waals surface area contributed by atoms with Crippen LogP contribution in [-0.4, -0.2) is 18.8 Å². The zero-order chi connectivity index (χ0) is 12.9. The first-order valence-electron chi connectivity index (χ1n) is 6.02. The van der Waals surface area contributed by atoms with E-state index in [1.165, 1.54) is 0 Å². The molecule has 0 saturated heterocycles. The van der Waals surface area contributed by atoms with Crippen molar-refractivity contribution in [3.05, 3.63) is 0 Å². The van der Waals surface area contributed by atoms with Crippen molar-refractivity contribution in [3.63, 3.8) is 0 Å². The van der Waals surface area contributed by atoms with Crippen molar-refractivity contribution in [2.45, 2.75) is 57.7 Å². The molecule has 1 N–H and O–H groups in total. The molecule has 1 fully saturated rings. The smallest absolute Gasteiger partial charge is 0.314 e. The molecule has 0 bridgehead atoms. The maximum Gasteiger partial charge on any atom is 0.390 e. The van der Waals surface area contributed by atoms with Crippen LogP contribution in [0.2, 0.25) is 0 Å². The molecule has 0 spiro atoms. The molecular weight excluding hydrogens is 229 g/mol. The summed E-state index contributed by atoms with van der Waals surface area (Å²) in [7, 11) is 0. The predicted octanol–water partition coefficient (Wildman–Crippen LogP) is 3.39. The van der Waals surface area contributed by atoms with Crippen LogP contribution in [0.25, 0.3) is 0 Å². The summed E-state index contributed by atoms with van der Waals surface area (Å²) < 4.78 is 35.9. The van der Waals surface area contributed by atoms with E-state index in [0.29, 0.717) is 6.42 Å². The summed E-state index contributed by atoms with van der Waals surface area (Å²) in [5, 5.41) is 11.6. The van der Waals surface area contributed by atoms with Crippen molar-refractivity contribution in [1.82, 2.24) is 5.32 Å². The van der Waals surface area contributed by atoms with Crippen LogP contribution in [0.3, 0.4) is 0 Å².